The number of hydrogen-bond donors (Lipinski definition) is 3. The van der Waals surface area contributed by atoms with Gasteiger partial charge in [0.1, 0.15) is 0 Å². The Labute approximate surface area is 126 Å². The van der Waals surface area contributed by atoms with E-state index in [2.05, 4.69) is 12.2 Å². The molecule has 0 bridgehead atoms. The minimum absolute atomic E-state index is 0.0656. The van der Waals surface area contributed by atoms with Crippen molar-refractivity contribution in [3.05, 3.63) is 0 Å². The lowest BCUT2D eigenvalue weighted by Gasteiger charge is -2.30. The molecule has 122 valence electrons. The molecule has 6 nitrogen and oxygen atoms in total. The van der Waals surface area contributed by atoms with E-state index in [-0.39, 0.29) is 24.3 Å². The molecule has 0 aromatic heterocycles. The summed E-state index contributed by atoms with van der Waals surface area (Å²) >= 11 is 0. The maximum atomic E-state index is 12.1. The smallest absolute Gasteiger partial charge is 0.233 e. The number of aliphatic hydroxyl groups is 1. The number of hydroxylamine groups is 2. The zero-order valence-corrected chi connectivity index (χ0v) is 12.8. The van der Waals surface area contributed by atoms with Crippen molar-refractivity contribution in [2.75, 3.05) is 13.2 Å². The van der Waals surface area contributed by atoms with Crippen LogP contribution in [0, 0.1) is 11.8 Å². The van der Waals surface area contributed by atoms with Gasteiger partial charge in [0.2, 0.25) is 12.3 Å². The van der Waals surface area contributed by atoms with Crippen LogP contribution in [0.3, 0.4) is 0 Å². The maximum Gasteiger partial charge on any atom is 0.233 e. The minimum atomic E-state index is -0.467. The third-order valence-electron chi connectivity index (χ3n) is 4.30. The highest BCUT2D eigenvalue weighted by Gasteiger charge is 2.41. The molecule has 2 amide bonds. The zero-order chi connectivity index (χ0) is 15.7. The Balaban J connectivity index is 2.68. The topological polar surface area (TPSA) is 89.9 Å². The SMILES string of the molecule is CCCC[C@@H]1CNC(=O)[C@H]1C(CCCCCO)N(O)C=O. The van der Waals surface area contributed by atoms with Crippen molar-refractivity contribution >= 4 is 12.3 Å². The second kappa shape index (κ2) is 9.73. The summed E-state index contributed by atoms with van der Waals surface area (Å²) in [6.45, 7) is 2.88. The summed E-state index contributed by atoms with van der Waals surface area (Å²) in [4.78, 5) is 23.0. The Bertz CT molecular complexity index is 325. The van der Waals surface area contributed by atoms with Crippen LogP contribution in [0.1, 0.15) is 51.9 Å². The molecule has 1 rings (SSSR count). The molecule has 6 heteroatoms. The number of carbonyl (C=O) groups is 2. The van der Waals surface area contributed by atoms with Crippen LogP contribution in [-0.2, 0) is 9.59 Å². The summed E-state index contributed by atoms with van der Waals surface area (Å²) in [6, 6.07) is -0.467. The quantitative estimate of drug-likeness (QED) is 0.232. The van der Waals surface area contributed by atoms with Crippen LogP contribution < -0.4 is 5.32 Å². The molecule has 3 atom stereocenters. The zero-order valence-electron chi connectivity index (χ0n) is 12.8. The Morgan fingerprint density at radius 1 is 1.38 bits per heavy atom. The predicted molar refractivity (Wildman–Crippen MR) is 78.5 cm³/mol. The summed E-state index contributed by atoms with van der Waals surface area (Å²) in [5, 5.41) is 22.1. The van der Waals surface area contributed by atoms with Gasteiger partial charge in [-0.25, -0.2) is 5.06 Å². The van der Waals surface area contributed by atoms with Crippen LogP contribution in [0.2, 0.25) is 0 Å². The third kappa shape index (κ3) is 5.28. The molecule has 0 aromatic carbocycles. The molecular weight excluding hydrogens is 272 g/mol. The van der Waals surface area contributed by atoms with Crippen molar-refractivity contribution in [3.63, 3.8) is 0 Å². The van der Waals surface area contributed by atoms with E-state index in [0.717, 1.165) is 32.1 Å². The van der Waals surface area contributed by atoms with E-state index in [9.17, 15) is 14.8 Å². The lowest BCUT2D eigenvalue weighted by Crippen LogP contribution is -2.43. The van der Waals surface area contributed by atoms with Gasteiger partial charge in [-0.1, -0.05) is 32.6 Å². The maximum absolute atomic E-state index is 12.1. The van der Waals surface area contributed by atoms with Crippen molar-refractivity contribution in [3.8, 4) is 0 Å². The number of carbonyl (C=O) groups excluding carboxylic acids is 2. The average molecular weight is 300 g/mol. The van der Waals surface area contributed by atoms with Crippen LogP contribution in [-0.4, -0.2) is 46.9 Å². The first-order valence-corrected chi connectivity index (χ1v) is 7.96. The molecule has 0 spiro atoms. The van der Waals surface area contributed by atoms with Gasteiger partial charge in [0.25, 0.3) is 0 Å². The van der Waals surface area contributed by atoms with Gasteiger partial charge in [-0.05, 0) is 25.2 Å². The van der Waals surface area contributed by atoms with Crippen molar-refractivity contribution < 1.29 is 19.9 Å². The number of aliphatic hydroxyl groups excluding tert-OH is 1. The van der Waals surface area contributed by atoms with Crippen LogP contribution in [0.15, 0.2) is 0 Å². The molecule has 3 N–H and O–H groups in total. The average Bonchev–Trinajstić information content (AvgIpc) is 2.85. The first-order valence-electron chi connectivity index (χ1n) is 7.96. The highest BCUT2D eigenvalue weighted by atomic mass is 16.5. The molecule has 1 heterocycles. The van der Waals surface area contributed by atoms with Crippen LogP contribution in [0.5, 0.6) is 0 Å². The minimum Gasteiger partial charge on any atom is -0.396 e. The predicted octanol–water partition coefficient (Wildman–Crippen LogP) is 1.31. The molecule has 0 aliphatic carbocycles. The summed E-state index contributed by atoms with van der Waals surface area (Å²) in [7, 11) is 0. The highest BCUT2D eigenvalue weighted by molar-refractivity contribution is 5.82. The molecule has 21 heavy (non-hydrogen) atoms. The van der Waals surface area contributed by atoms with E-state index < -0.39 is 6.04 Å². The molecular formula is C15H28N2O4. The molecule has 0 aromatic rings. The highest BCUT2D eigenvalue weighted by Crippen LogP contribution is 2.30. The standard InChI is InChI=1S/C15H28N2O4/c1-2-3-7-12-10-16-15(20)14(12)13(17(21)11-19)8-5-4-6-9-18/h11-14,18,21H,2-10H2,1H3,(H,16,20)/t12-,13?,14-/m1/s1. The second-order valence-corrected chi connectivity index (χ2v) is 5.80. The molecule has 1 aliphatic heterocycles. The van der Waals surface area contributed by atoms with Crippen molar-refractivity contribution in [1.29, 1.82) is 0 Å². The fourth-order valence-electron chi connectivity index (χ4n) is 3.12. The Hall–Kier alpha value is -1.14. The number of nitrogens with one attached hydrogen (secondary N) is 1. The number of nitrogens with zero attached hydrogens (tertiary/aromatic N) is 1. The van der Waals surface area contributed by atoms with Crippen molar-refractivity contribution in [2.24, 2.45) is 11.8 Å². The van der Waals surface area contributed by atoms with Crippen molar-refractivity contribution in [2.45, 2.75) is 57.9 Å². The summed E-state index contributed by atoms with van der Waals surface area (Å²) in [5.74, 6) is -0.222. The van der Waals surface area contributed by atoms with E-state index >= 15 is 0 Å². The molecule has 1 saturated heterocycles. The Morgan fingerprint density at radius 3 is 2.76 bits per heavy atom. The van der Waals surface area contributed by atoms with Gasteiger partial charge < -0.3 is 10.4 Å². The van der Waals surface area contributed by atoms with E-state index in [1.165, 1.54) is 0 Å². The molecule has 0 saturated carbocycles. The van der Waals surface area contributed by atoms with Crippen molar-refractivity contribution in [1.82, 2.24) is 10.4 Å². The molecule has 1 fully saturated rings. The fourth-order valence-corrected chi connectivity index (χ4v) is 3.12. The van der Waals surface area contributed by atoms with Crippen LogP contribution >= 0.6 is 0 Å². The summed E-state index contributed by atoms with van der Waals surface area (Å²) in [5.41, 5.74) is 0. The van der Waals surface area contributed by atoms with E-state index in [1.807, 2.05) is 0 Å². The number of rotatable bonds is 11. The number of unbranched alkanes of at least 4 members (excludes halogenated alkanes) is 3. The van der Waals surface area contributed by atoms with Gasteiger partial charge in [0.05, 0.1) is 12.0 Å². The lowest BCUT2D eigenvalue weighted by molar-refractivity contribution is -0.169. The molecule has 1 aliphatic rings. The van der Waals surface area contributed by atoms with E-state index in [0.29, 0.717) is 30.9 Å². The monoisotopic (exact) mass is 300 g/mol. The Morgan fingerprint density at radius 2 is 2.14 bits per heavy atom. The summed E-state index contributed by atoms with van der Waals surface area (Å²) < 4.78 is 0. The Kier molecular flexibility index (Phi) is 8.30. The number of hydrogen-bond acceptors (Lipinski definition) is 4. The van der Waals surface area contributed by atoms with Crippen LogP contribution in [0.4, 0.5) is 0 Å². The molecule has 0 radical (unpaired) electrons. The number of amides is 2. The van der Waals surface area contributed by atoms with Gasteiger partial charge in [-0.2, -0.15) is 0 Å². The largest absolute Gasteiger partial charge is 0.396 e. The van der Waals surface area contributed by atoms with Gasteiger partial charge in [-0.15, -0.1) is 0 Å². The van der Waals surface area contributed by atoms with Gasteiger partial charge in [0.15, 0.2) is 0 Å². The van der Waals surface area contributed by atoms with E-state index in [1.54, 1.807) is 0 Å². The second-order valence-electron chi connectivity index (χ2n) is 5.80. The van der Waals surface area contributed by atoms with E-state index in [4.69, 9.17) is 5.11 Å². The fraction of sp³-hybridized carbons (Fsp3) is 0.867. The third-order valence-corrected chi connectivity index (χ3v) is 4.30. The van der Waals surface area contributed by atoms with Gasteiger partial charge in [-0.3, -0.25) is 14.8 Å². The lowest BCUT2D eigenvalue weighted by atomic mass is 9.83. The molecule has 1 unspecified atom stereocenters. The first kappa shape index (κ1) is 17.9. The first-order chi connectivity index (χ1) is 10.2. The van der Waals surface area contributed by atoms with Gasteiger partial charge >= 0.3 is 0 Å². The van der Waals surface area contributed by atoms with Gasteiger partial charge in [0, 0.05) is 13.2 Å². The van der Waals surface area contributed by atoms with Crippen LogP contribution in [0.25, 0.3) is 0 Å². The summed E-state index contributed by atoms with van der Waals surface area (Å²) in [6.07, 6.45) is 6.31. The normalized spacial score (nSPS) is 22.9.